The molecular weight excluding hydrogens is 264 g/mol. The molecule has 21 heavy (non-hydrogen) atoms. The lowest BCUT2D eigenvalue weighted by Crippen LogP contribution is -1.98. The van der Waals surface area contributed by atoms with E-state index in [2.05, 4.69) is 20.3 Å². The van der Waals surface area contributed by atoms with Crippen LogP contribution in [0.5, 0.6) is 11.6 Å². The molecule has 2 heterocycles. The molecule has 0 unspecified atom stereocenters. The number of hydrogen-bond donors (Lipinski definition) is 1. The van der Waals surface area contributed by atoms with Crippen LogP contribution in [0.25, 0.3) is 11.3 Å². The van der Waals surface area contributed by atoms with E-state index in [1.807, 2.05) is 48.5 Å². The minimum atomic E-state index is 0.518. The molecule has 0 spiro atoms. The normalized spacial score (nSPS) is 10.1. The molecule has 0 aliphatic rings. The van der Waals surface area contributed by atoms with Crippen LogP contribution in [0.1, 0.15) is 0 Å². The number of nitrogens with zero attached hydrogens (tertiary/aromatic N) is 3. The fraction of sp³-hybridized carbons (Fsp3) is 0.0625. The summed E-state index contributed by atoms with van der Waals surface area (Å²) in [4.78, 5) is 12.8. The van der Waals surface area contributed by atoms with Crippen molar-refractivity contribution in [3.8, 4) is 22.9 Å². The lowest BCUT2D eigenvalue weighted by Gasteiger charge is -2.09. The Bertz CT molecular complexity index is 731. The Balaban J connectivity index is 1.99. The van der Waals surface area contributed by atoms with Crippen molar-refractivity contribution in [2.75, 3.05) is 12.4 Å². The third-order valence-electron chi connectivity index (χ3n) is 2.88. The summed E-state index contributed by atoms with van der Waals surface area (Å²) in [6, 6.07) is 15.2. The van der Waals surface area contributed by atoms with Gasteiger partial charge >= 0.3 is 0 Å². The Labute approximate surface area is 122 Å². The third-order valence-corrected chi connectivity index (χ3v) is 2.88. The number of hydrogen-bond acceptors (Lipinski definition) is 5. The number of aromatic nitrogens is 3. The molecule has 0 fully saturated rings. The Hall–Kier alpha value is -2.95. The fourth-order valence-corrected chi connectivity index (χ4v) is 1.90. The summed E-state index contributed by atoms with van der Waals surface area (Å²) in [5, 5.41) is 2.92. The number of anilines is 1. The van der Waals surface area contributed by atoms with Gasteiger partial charge in [-0.2, -0.15) is 0 Å². The van der Waals surface area contributed by atoms with E-state index >= 15 is 0 Å². The summed E-state index contributed by atoms with van der Waals surface area (Å²) < 4.78 is 5.85. The monoisotopic (exact) mass is 278 g/mol. The molecule has 0 aliphatic carbocycles. The molecule has 5 nitrogen and oxygen atoms in total. The van der Waals surface area contributed by atoms with Crippen molar-refractivity contribution >= 4 is 5.95 Å². The Morgan fingerprint density at radius 1 is 0.905 bits per heavy atom. The van der Waals surface area contributed by atoms with E-state index in [1.54, 1.807) is 19.4 Å². The van der Waals surface area contributed by atoms with Crippen molar-refractivity contribution in [2.24, 2.45) is 0 Å². The van der Waals surface area contributed by atoms with Gasteiger partial charge in [0, 0.05) is 19.4 Å². The summed E-state index contributed by atoms with van der Waals surface area (Å²) in [7, 11) is 1.78. The van der Waals surface area contributed by atoms with Crippen molar-refractivity contribution in [1.29, 1.82) is 0 Å². The first-order chi connectivity index (χ1) is 10.4. The lowest BCUT2D eigenvalue weighted by molar-refractivity contribution is 0.465. The largest absolute Gasteiger partial charge is 0.438 e. The van der Waals surface area contributed by atoms with Crippen LogP contribution in [-0.2, 0) is 0 Å². The number of nitrogens with one attached hydrogen (secondary N) is 1. The van der Waals surface area contributed by atoms with Gasteiger partial charge in [-0.15, -0.1) is 0 Å². The number of ether oxygens (including phenoxy) is 1. The third kappa shape index (κ3) is 2.97. The molecule has 0 atom stereocenters. The number of rotatable bonds is 4. The van der Waals surface area contributed by atoms with E-state index in [0.29, 0.717) is 11.8 Å². The molecule has 104 valence electrons. The highest BCUT2D eigenvalue weighted by Gasteiger charge is 2.10. The second-order valence-corrected chi connectivity index (χ2v) is 4.29. The zero-order valence-electron chi connectivity index (χ0n) is 11.5. The van der Waals surface area contributed by atoms with Crippen molar-refractivity contribution in [3.63, 3.8) is 0 Å². The van der Waals surface area contributed by atoms with Crippen LogP contribution in [0, 0.1) is 0 Å². The second kappa shape index (κ2) is 6.00. The fourth-order valence-electron chi connectivity index (χ4n) is 1.90. The summed E-state index contributed by atoms with van der Waals surface area (Å²) in [6.07, 6.45) is 3.40. The first-order valence-corrected chi connectivity index (χ1v) is 6.56. The Kier molecular flexibility index (Phi) is 3.73. The van der Waals surface area contributed by atoms with Gasteiger partial charge in [0.05, 0.1) is 11.3 Å². The molecular formula is C16H14N4O. The topological polar surface area (TPSA) is 59.9 Å². The maximum Gasteiger partial charge on any atom is 0.228 e. The zero-order valence-corrected chi connectivity index (χ0v) is 11.5. The van der Waals surface area contributed by atoms with Crippen LogP contribution in [0.2, 0.25) is 0 Å². The molecule has 3 aromatic rings. The van der Waals surface area contributed by atoms with Gasteiger partial charge < -0.3 is 10.1 Å². The number of para-hydroxylation sites is 1. The van der Waals surface area contributed by atoms with Gasteiger partial charge in [0.25, 0.3) is 0 Å². The first kappa shape index (κ1) is 13.1. The molecule has 1 N–H and O–H groups in total. The van der Waals surface area contributed by atoms with Gasteiger partial charge in [-0.3, -0.25) is 0 Å². The predicted octanol–water partition coefficient (Wildman–Crippen LogP) is 3.37. The van der Waals surface area contributed by atoms with Gasteiger partial charge in [0.1, 0.15) is 5.75 Å². The van der Waals surface area contributed by atoms with Gasteiger partial charge in [-0.25, -0.2) is 15.0 Å². The average Bonchev–Trinajstić information content (AvgIpc) is 2.56. The summed E-state index contributed by atoms with van der Waals surface area (Å²) in [5.41, 5.74) is 1.58. The average molecular weight is 278 g/mol. The summed E-state index contributed by atoms with van der Waals surface area (Å²) >= 11 is 0. The van der Waals surface area contributed by atoms with E-state index in [9.17, 15) is 0 Å². The maximum atomic E-state index is 5.85. The zero-order chi connectivity index (χ0) is 14.5. The minimum absolute atomic E-state index is 0.518. The van der Waals surface area contributed by atoms with Crippen molar-refractivity contribution in [2.45, 2.75) is 0 Å². The van der Waals surface area contributed by atoms with E-state index in [0.717, 1.165) is 17.0 Å². The van der Waals surface area contributed by atoms with Gasteiger partial charge in [0.15, 0.2) is 0 Å². The highest BCUT2D eigenvalue weighted by atomic mass is 16.5. The highest BCUT2D eigenvalue weighted by molar-refractivity contribution is 5.65. The molecule has 0 saturated heterocycles. The van der Waals surface area contributed by atoms with Gasteiger partial charge in [-0.05, 0) is 30.3 Å². The van der Waals surface area contributed by atoms with Crippen molar-refractivity contribution in [1.82, 2.24) is 15.0 Å². The summed E-state index contributed by atoms with van der Waals surface area (Å²) in [6.45, 7) is 0. The first-order valence-electron chi connectivity index (χ1n) is 6.56. The number of pyridine rings is 1. The van der Waals surface area contributed by atoms with Crippen LogP contribution in [0.15, 0.2) is 60.9 Å². The van der Waals surface area contributed by atoms with Gasteiger partial charge in [-0.1, -0.05) is 18.2 Å². The van der Waals surface area contributed by atoms with Gasteiger partial charge in [0.2, 0.25) is 11.8 Å². The molecule has 0 saturated carbocycles. The summed E-state index contributed by atoms with van der Waals surface area (Å²) in [5.74, 6) is 1.81. The molecule has 0 radical (unpaired) electrons. The van der Waals surface area contributed by atoms with E-state index in [-0.39, 0.29) is 0 Å². The standard InChI is InChI=1S/C16H14N4O/c1-17-16-19-11-9-14(20-16)13-8-5-10-18-15(13)21-12-6-3-2-4-7-12/h2-11H,1H3,(H,17,19,20). The maximum absolute atomic E-state index is 5.85. The Morgan fingerprint density at radius 3 is 2.57 bits per heavy atom. The van der Waals surface area contributed by atoms with Crippen molar-refractivity contribution in [3.05, 3.63) is 60.9 Å². The predicted molar refractivity (Wildman–Crippen MR) is 81.3 cm³/mol. The van der Waals surface area contributed by atoms with Crippen LogP contribution in [0.3, 0.4) is 0 Å². The molecule has 3 rings (SSSR count). The van der Waals surface area contributed by atoms with Crippen LogP contribution in [-0.4, -0.2) is 22.0 Å². The molecule has 2 aromatic heterocycles. The lowest BCUT2D eigenvalue weighted by atomic mass is 10.2. The smallest absolute Gasteiger partial charge is 0.228 e. The molecule has 0 bridgehead atoms. The minimum Gasteiger partial charge on any atom is -0.438 e. The second-order valence-electron chi connectivity index (χ2n) is 4.29. The molecule has 0 amide bonds. The van der Waals surface area contributed by atoms with Crippen molar-refractivity contribution < 1.29 is 4.74 Å². The molecule has 5 heteroatoms. The van der Waals surface area contributed by atoms with E-state index < -0.39 is 0 Å². The highest BCUT2D eigenvalue weighted by Crippen LogP contribution is 2.30. The quantitative estimate of drug-likeness (QED) is 0.792. The SMILES string of the molecule is CNc1nccc(-c2cccnc2Oc2ccccc2)n1. The Morgan fingerprint density at radius 2 is 1.76 bits per heavy atom. The molecule has 0 aliphatic heterocycles. The van der Waals surface area contributed by atoms with E-state index in [4.69, 9.17) is 4.74 Å². The number of benzene rings is 1. The van der Waals surface area contributed by atoms with E-state index in [1.165, 1.54) is 0 Å². The molecule has 1 aromatic carbocycles. The van der Waals surface area contributed by atoms with Crippen LogP contribution < -0.4 is 10.1 Å². The van der Waals surface area contributed by atoms with Crippen LogP contribution in [0.4, 0.5) is 5.95 Å². The van der Waals surface area contributed by atoms with Crippen LogP contribution >= 0.6 is 0 Å².